The summed E-state index contributed by atoms with van der Waals surface area (Å²) in [7, 11) is 0. The Kier molecular flexibility index (Phi) is 2.59. The van der Waals surface area contributed by atoms with Gasteiger partial charge in [-0.25, -0.2) is 0 Å². The van der Waals surface area contributed by atoms with Gasteiger partial charge in [-0.2, -0.15) is 5.10 Å². The van der Waals surface area contributed by atoms with Crippen LogP contribution in [0.3, 0.4) is 0 Å². The number of hydrogen-bond donors (Lipinski definition) is 3. The molecular weight excluding hydrogens is 196 g/mol. The normalized spacial score (nSPS) is 21.7. The number of aromatic amines is 1. The lowest BCUT2D eigenvalue weighted by Crippen LogP contribution is -2.42. The Morgan fingerprint density at radius 1 is 1.73 bits per heavy atom. The van der Waals surface area contributed by atoms with E-state index in [2.05, 4.69) is 10.2 Å². The maximum Gasteiger partial charge on any atom is 0.274 e. The van der Waals surface area contributed by atoms with Crippen LogP contribution >= 0.6 is 0 Å². The standard InChI is InChI=1S/C9H14N4O2/c10-7-4-11-12-8(7)9(15)13-3-1-2-6(14)5-13/h4,6,14H,1-3,5,10H2,(H,11,12). The van der Waals surface area contributed by atoms with Crippen LogP contribution < -0.4 is 5.73 Å². The number of β-amino-alcohol motifs (C(OH)–C–C–N with tert-alkyl or cyclic N) is 1. The number of carbonyl (C=O) groups is 1. The lowest BCUT2D eigenvalue weighted by Gasteiger charge is -2.29. The van der Waals surface area contributed by atoms with Crippen molar-refractivity contribution in [3.63, 3.8) is 0 Å². The Balaban J connectivity index is 2.11. The third kappa shape index (κ3) is 1.94. The largest absolute Gasteiger partial charge is 0.396 e. The first-order valence-corrected chi connectivity index (χ1v) is 4.94. The summed E-state index contributed by atoms with van der Waals surface area (Å²) in [6, 6.07) is 0. The van der Waals surface area contributed by atoms with E-state index in [4.69, 9.17) is 5.73 Å². The number of nitrogens with one attached hydrogen (secondary N) is 1. The third-order valence-electron chi connectivity index (χ3n) is 2.57. The highest BCUT2D eigenvalue weighted by atomic mass is 16.3. The summed E-state index contributed by atoms with van der Waals surface area (Å²) in [5.41, 5.74) is 6.24. The van der Waals surface area contributed by atoms with Crippen molar-refractivity contribution in [1.29, 1.82) is 0 Å². The molecule has 2 rings (SSSR count). The number of anilines is 1. The number of nitrogens with zero attached hydrogens (tertiary/aromatic N) is 2. The Labute approximate surface area is 87.1 Å². The van der Waals surface area contributed by atoms with Gasteiger partial charge in [-0.05, 0) is 12.8 Å². The molecule has 0 aromatic carbocycles. The van der Waals surface area contributed by atoms with Crippen molar-refractivity contribution in [1.82, 2.24) is 15.1 Å². The molecule has 4 N–H and O–H groups in total. The van der Waals surface area contributed by atoms with E-state index >= 15 is 0 Å². The van der Waals surface area contributed by atoms with E-state index in [9.17, 15) is 9.90 Å². The summed E-state index contributed by atoms with van der Waals surface area (Å²) in [6.07, 6.45) is 2.56. The molecule has 1 aliphatic rings. The van der Waals surface area contributed by atoms with E-state index in [1.54, 1.807) is 4.90 Å². The monoisotopic (exact) mass is 210 g/mol. The molecule has 1 saturated heterocycles. The number of amides is 1. The number of aliphatic hydroxyl groups excluding tert-OH is 1. The molecule has 6 heteroatoms. The van der Waals surface area contributed by atoms with Gasteiger partial charge in [0.15, 0.2) is 0 Å². The molecule has 2 heterocycles. The van der Waals surface area contributed by atoms with Crippen LogP contribution in [-0.2, 0) is 0 Å². The van der Waals surface area contributed by atoms with Gasteiger partial charge in [-0.1, -0.05) is 0 Å². The van der Waals surface area contributed by atoms with Crippen LogP contribution in [0.2, 0.25) is 0 Å². The number of piperidine rings is 1. The fourth-order valence-electron chi connectivity index (χ4n) is 1.76. The minimum atomic E-state index is -0.424. The van der Waals surface area contributed by atoms with Gasteiger partial charge >= 0.3 is 0 Å². The molecule has 1 aromatic heterocycles. The van der Waals surface area contributed by atoms with Crippen molar-refractivity contribution in [2.24, 2.45) is 0 Å². The van der Waals surface area contributed by atoms with Crippen molar-refractivity contribution in [3.8, 4) is 0 Å². The average molecular weight is 210 g/mol. The number of carbonyl (C=O) groups excluding carboxylic acids is 1. The van der Waals surface area contributed by atoms with Gasteiger partial charge in [0.2, 0.25) is 0 Å². The number of nitrogen functional groups attached to an aromatic ring is 1. The van der Waals surface area contributed by atoms with Gasteiger partial charge in [0.25, 0.3) is 5.91 Å². The molecule has 15 heavy (non-hydrogen) atoms. The van der Waals surface area contributed by atoms with E-state index in [1.165, 1.54) is 6.20 Å². The molecule has 6 nitrogen and oxygen atoms in total. The predicted molar refractivity (Wildman–Crippen MR) is 54.1 cm³/mol. The zero-order chi connectivity index (χ0) is 10.8. The molecule has 1 aromatic rings. The number of likely N-dealkylation sites (tertiary alicyclic amines) is 1. The summed E-state index contributed by atoms with van der Waals surface area (Å²) in [5, 5.41) is 15.7. The fourth-order valence-corrected chi connectivity index (χ4v) is 1.76. The molecule has 0 radical (unpaired) electrons. The van der Waals surface area contributed by atoms with Crippen LogP contribution in [0.4, 0.5) is 5.69 Å². The Morgan fingerprint density at radius 2 is 2.53 bits per heavy atom. The summed E-state index contributed by atoms with van der Waals surface area (Å²) in [4.78, 5) is 13.5. The molecule has 82 valence electrons. The lowest BCUT2D eigenvalue weighted by molar-refractivity contribution is 0.0470. The fraction of sp³-hybridized carbons (Fsp3) is 0.556. The molecule has 0 saturated carbocycles. The van der Waals surface area contributed by atoms with E-state index < -0.39 is 6.10 Å². The van der Waals surface area contributed by atoms with Crippen molar-refractivity contribution in [2.75, 3.05) is 18.8 Å². The smallest absolute Gasteiger partial charge is 0.274 e. The molecule has 1 atom stereocenters. The first kappa shape index (κ1) is 9.97. The van der Waals surface area contributed by atoms with E-state index in [0.717, 1.165) is 12.8 Å². The van der Waals surface area contributed by atoms with Gasteiger partial charge in [-0.3, -0.25) is 9.89 Å². The van der Waals surface area contributed by atoms with Gasteiger partial charge in [-0.15, -0.1) is 0 Å². The number of aromatic nitrogens is 2. The number of nitrogens with two attached hydrogens (primary N) is 1. The molecule has 0 spiro atoms. The average Bonchev–Trinajstić information content (AvgIpc) is 2.63. The topological polar surface area (TPSA) is 95.2 Å². The first-order valence-electron chi connectivity index (χ1n) is 4.94. The summed E-state index contributed by atoms with van der Waals surface area (Å²) >= 11 is 0. The zero-order valence-corrected chi connectivity index (χ0v) is 8.31. The van der Waals surface area contributed by atoms with Crippen molar-refractivity contribution in [2.45, 2.75) is 18.9 Å². The minimum absolute atomic E-state index is 0.191. The quantitative estimate of drug-likeness (QED) is 0.587. The minimum Gasteiger partial charge on any atom is -0.396 e. The number of aliphatic hydroxyl groups is 1. The molecule has 1 aliphatic heterocycles. The maximum absolute atomic E-state index is 11.9. The highest BCUT2D eigenvalue weighted by molar-refractivity contribution is 5.97. The maximum atomic E-state index is 11.9. The number of H-pyrrole nitrogens is 1. The van der Waals surface area contributed by atoms with Crippen LogP contribution in [0, 0.1) is 0 Å². The molecular formula is C9H14N4O2. The van der Waals surface area contributed by atoms with Crippen LogP contribution in [0.1, 0.15) is 23.3 Å². The second-order valence-corrected chi connectivity index (χ2v) is 3.75. The van der Waals surface area contributed by atoms with Crippen LogP contribution in [0.25, 0.3) is 0 Å². The van der Waals surface area contributed by atoms with Gasteiger partial charge in [0.05, 0.1) is 18.0 Å². The Morgan fingerprint density at radius 3 is 3.13 bits per heavy atom. The van der Waals surface area contributed by atoms with E-state index in [-0.39, 0.29) is 5.91 Å². The molecule has 0 aliphatic carbocycles. The van der Waals surface area contributed by atoms with Crippen LogP contribution in [-0.4, -0.2) is 45.3 Å². The summed E-state index contributed by atoms with van der Waals surface area (Å²) in [5.74, 6) is -0.191. The SMILES string of the molecule is Nc1cn[nH]c1C(=O)N1CCCC(O)C1. The second kappa shape index (κ2) is 3.90. The van der Waals surface area contributed by atoms with Crippen LogP contribution in [0.5, 0.6) is 0 Å². The van der Waals surface area contributed by atoms with Crippen LogP contribution in [0.15, 0.2) is 6.20 Å². The summed E-state index contributed by atoms with van der Waals surface area (Å²) < 4.78 is 0. The van der Waals surface area contributed by atoms with E-state index in [0.29, 0.717) is 24.5 Å². The molecule has 1 unspecified atom stereocenters. The van der Waals surface area contributed by atoms with Crippen molar-refractivity contribution in [3.05, 3.63) is 11.9 Å². The van der Waals surface area contributed by atoms with Gasteiger partial charge in [0.1, 0.15) is 5.69 Å². The van der Waals surface area contributed by atoms with Gasteiger partial charge in [0, 0.05) is 13.1 Å². The first-order chi connectivity index (χ1) is 7.18. The second-order valence-electron chi connectivity index (χ2n) is 3.75. The van der Waals surface area contributed by atoms with E-state index in [1.807, 2.05) is 0 Å². The third-order valence-corrected chi connectivity index (χ3v) is 2.57. The highest BCUT2D eigenvalue weighted by Gasteiger charge is 2.25. The molecule has 1 fully saturated rings. The Bertz CT molecular complexity index is 363. The Hall–Kier alpha value is -1.56. The van der Waals surface area contributed by atoms with Crippen molar-refractivity contribution >= 4 is 11.6 Å². The zero-order valence-electron chi connectivity index (χ0n) is 8.31. The highest BCUT2D eigenvalue weighted by Crippen LogP contribution is 2.15. The number of rotatable bonds is 1. The van der Waals surface area contributed by atoms with Gasteiger partial charge < -0.3 is 15.7 Å². The van der Waals surface area contributed by atoms with Crippen molar-refractivity contribution < 1.29 is 9.90 Å². The lowest BCUT2D eigenvalue weighted by atomic mass is 10.1. The molecule has 1 amide bonds. The predicted octanol–water partition coefficient (Wildman–Crippen LogP) is -0.411. The molecule has 0 bridgehead atoms. The number of hydrogen-bond acceptors (Lipinski definition) is 4. The summed E-state index contributed by atoms with van der Waals surface area (Å²) in [6.45, 7) is 1.03.